The molecule has 0 radical (unpaired) electrons. The van der Waals surface area contributed by atoms with E-state index in [0.29, 0.717) is 43.8 Å². The number of hydrogen-bond donors (Lipinski definition) is 1. The van der Waals surface area contributed by atoms with Crippen LogP contribution in [0, 0.1) is 0 Å². The number of hydrogen-bond acceptors (Lipinski definition) is 7. The van der Waals surface area contributed by atoms with Crippen LogP contribution in [0.2, 0.25) is 5.15 Å². The maximum Gasteiger partial charge on any atom is 0.213 e. The van der Waals surface area contributed by atoms with Crippen molar-refractivity contribution >= 4 is 23.1 Å². The number of nitrogens with one attached hydrogen (secondary N) is 1. The Labute approximate surface area is 209 Å². The lowest BCUT2D eigenvalue weighted by Crippen LogP contribution is -2.20. The van der Waals surface area contributed by atoms with E-state index in [1.54, 1.807) is 16.8 Å². The molecule has 1 N–H and O–H groups in total. The molecule has 0 aromatic carbocycles. The average molecular weight is 494 g/mol. The molecule has 0 unspecified atom stereocenters. The molecule has 0 aliphatic rings. The van der Waals surface area contributed by atoms with Crippen molar-refractivity contribution in [2.24, 2.45) is 0 Å². The highest BCUT2D eigenvalue weighted by molar-refractivity contribution is 6.29. The smallest absolute Gasteiger partial charge is 0.213 e. The molecule has 34 heavy (non-hydrogen) atoms. The van der Waals surface area contributed by atoms with E-state index >= 15 is 0 Å². The molecule has 0 fully saturated rings. The van der Waals surface area contributed by atoms with Crippen molar-refractivity contribution in [2.45, 2.75) is 74.1 Å². The van der Waals surface area contributed by atoms with Gasteiger partial charge in [-0.2, -0.15) is 9.61 Å². The molecule has 0 amide bonds. The van der Waals surface area contributed by atoms with Gasteiger partial charge in [0.2, 0.25) is 5.88 Å². The normalized spacial score (nSPS) is 10.4. The minimum atomic E-state index is -0.247. The summed E-state index contributed by atoms with van der Waals surface area (Å²) in [5.41, 5.74) is 2.83. The molecule has 9 heteroatoms. The topological polar surface area (TPSA) is 82.8 Å². The Balaban J connectivity index is 0.00000137. The lowest BCUT2D eigenvalue weighted by atomic mass is 10.2. The third kappa shape index (κ3) is 9.08. The zero-order chi connectivity index (χ0) is 25.3. The van der Waals surface area contributed by atoms with Gasteiger partial charge in [-0.25, -0.2) is 9.97 Å². The highest BCUT2D eigenvalue weighted by Crippen LogP contribution is 2.20. The summed E-state index contributed by atoms with van der Waals surface area (Å²) in [7, 11) is 0. The van der Waals surface area contributed by atoms with Crippen molar-refractivity contribution in [2.75, 3.05) is 25.1 Å². The number of rotatable bonds is 12. The second-order valence-corrected chi connectivity index (χ2v) is 6.95. The number of pyridine rings is 1. The monoisotopic (exact) mass is 493 g/mol. The van der Waals surface area contributed by atoms with E-state index in [-0.39, 0.29) is 6.29 Å². The Kier molecular flexibility index (Phi) is 14.9. The fraction of sp³-hybridized carbons (Fsp3) is 0.560. The fourth-order valence-electron chi connectivity index (χ4n) is 2.99. The average Bonchev–Trinajstić information content (AvgIpc) is 3.29. The summed E-state index contributed by atoms with van der Waals surface area (Å²) in [4.78, 5) is 8.75. The number of aromatic nitrogens is 4. The SMILES string of the molecule is CC.CC.CCOC(CCOc1ccc(CNc2cc(Cl)nc3c(CC)cnn23)cn1)OCC. The number of aryl methyl sites for hydroxylation is 1. The second kappa shape index (κ2) is 17.1. The summed E-state index contributed by atoms with van der Waals surface area (Å²) in [5.74, 6) is 1.35. The zero-order valence-corrected chi connectivity index (χ0v) is 22.4. The Morgan fingerprint density at radius 2 is 1.74 bits per heavy atom. The molecular formula is C25H40ClN5O3. The number of ether oxygens (including phenoxy) is 3. The lowest BCUT2D eigenvalue weighted by Gasteiger charge is -2.16. The van der Waals surface area contributed by atoms with Gasteiger partial charge in [0.15, 0.2) is 11.9 Å². The fourth-order valence-corrected chi connectivity index (χ4v) is 3.18. The van der Waals surface area contributed by atoms with Crippen molar-refractivity contribution in [3.63, 3.8) is 0 Å². The first-order valence-corrected chi connectivity index (χ1v) is 12.6. The largest absolute Gasteiger partial charge is 0.477 e. The summed E-state index contributed by atoms with van der Waals surface area (Å²) in [5, 5.41) is 8.19. The Morgan fingerprint density at radius 3 is 2.32 bits per heavy atom. The van der Waals surface area contributed by atoms with Crippen LogP contribution in [0.1, 0.15) is 66.0 Å². The molecule has 3 rings (SSSR count). The van der Waals surface area contributed by atoms with E-state index in [0.717, 1.165) is 29.0 Å². The molecular weight excluding hydrogens is 454 g/mol. The Bertz CT molecular complexity index is 928. The number of nitrogens with zero attached hydrogens (tertiary/aromatic N) is 4. The summed E-state index contributed by atoms with van der Waals surface area (Å²) in [6, 6.07) is 5.59. The van der Waals surface area contributed by atoms with Crippen LogP contribution in [-0.2, 0) is 22.4 Å². The molecule has 0 aliphatic heterocycles. The maximum absolute atomic E-state index is 6.18. The van der Waals surface area contributed by atoms with E-state index < -0.39 is 0 Å². The molecule has 0 spiro atoms. The second-order valence-electron chi connectivity index (χ2n) is 6.56. The van der Waals surface area contributed by atoms with Gasteiger partial charge in [0.25, 0.3) is 0 Å². The molecule has 0 bridgehead atoms. The van der Waals surface area contributed by atoms with Crippen LogP contribution in [0.5, 0.6) is 5.88 Å². The lowest BCUT2D eigenvalue weighted by molar-refractivity contribution is -0.142. The molecule has 0 atom stereocenters. The third-order valence-electron chi connectivity index (χ3n) is 4.47. The molecule has 0 aliphatic carbocycles. The highest BCUT2D eigenvalue weighted by atomic mass is 35.5. The minimum Gasteiger partial charge on any atom is -0.477 e. The van der Waals surface area contributed by atoms with Crippen molar-refractivity contribution in [1.29, 1.82) is 0 Å². The molecule has 0 saturated carbocycles. The van der Waals surface area contributed by atoms with E-state index in [1.165, 1.54) is 0 Å². The van der Waals surface area contributed by atoms with Crippen molar-refractivity contribution in [3.05, 3.63) is 46.9 Å². The van der Waals surface area contributed by atoms with Crippen LogP contribution in [0.25, 0.3) is 5.65 Å². The van der Waals surface area contributed by atoms with Crippen LogP contribution in [0.3, 0.4) is 0 Å². The van der Waals surface area contributed by atoms with E-state index in [1.807, 2.05) is 59.9 Å². The van der Waals surface area contributed by atoms with Gasteiger partial charge in [0, 0.05) is 50.1 Å². The molecule has 3 aromatic heterocycles. The first-order valence-electron chi connectivity index (χ1n) is 12.2. The summed E-state index contributed by atoms with van der Waals surface area (Å²) in [6.07, 6.45) is 4.85. The molecule has 3 aromatic rings. The van der Waals surface area contributed by atoms with Crippen LogP contribution in [0.4, 0.5) is 5.82 Å². The predicted molar refractivity (Wildman–Crippen MR) is 139 cm³/mol. The maximum atomic E-state index is 6.18. The number of halogens is 1. The van der Waals surface area contributed by atoms with Crippen LogP contribution in [0.15, 0.2) is 30.6 Å². The summed E-state index contributed by atoms with van der Waals surface area (Å²) in [6.45, 7) is 16.2. The third-order valence-corrected chi connectivity index (χ3v) is 4.67. The van der Waals surface area contributed by atoms with Crippen LogP contribution < -0.4 is 10.1 Å². The van der Waals surface area contributed by atoms with E-state index in [2.05, 4.69) is 27.3 Å². The molecule has 8 nitrogen and oxygen atoms in total. The van der Waals surface area contributed by atoms with E-state index in [4.69, 9.17) is 25.8 Å². The van der Waals surface area contributed by atoms with Gasteiger partial charge in [-0.1, -0.05) is 52.3 Å². The zero-order valence-electron chi connectivity index (χ0n) is 21.6. The van der Waals surface area contributed by atoms with Gasteiger partial charge >= 0.3 is 0 Å². The van der Waals surface area contributed by atoms with Gasteiger partial charge < -0.3 is 19.5 Å². The van der Waals surface area contributed by atoms with Crippen LogP contribution in [-0.4, -0.2) is 45.7 Å². The van der Waals surface area contributed by atoms with E-state index in [9.17, 15) is 0 Å². The molecule has 0 saturated heterocycles. The van der Waals surface area contributed by atoms with Gasteiger partial charge in [0.05, 0.1) is 12.8 Å². The summed E-state index contributed by atoms with van der Waals surface area (Å²) < 4.78 is 18.5. The van der Waals surface area contributed by atoms with Crippen molar-refractivity contribution in [3.8, 4) is 5.88 Å². The Morgan fingerprint density at radius 1 is 1.03 bits per heavy atom. The minimum absolute atomic E-state index is 0.247. The number of fused-ring (bicyclic) bond motifs is 1. The number of anilines is 1. The van der Waals surface area contributed by atoms with Gasteiger partial charge in [-0.05, 0) is 25.8 Å². The standard InChI is InChI=1S/C21H28ClN5O3.2C2H6/c1-4-16-14-25-27-18(11-17(22)26-21(16)27)23-12-15-7-8-19(24-13-15)30-10-9-20(28-5-2)29-6-3;2*1-2/h7-8,11,13-14,20,23H,4-6,9-10,12H2,1-3H3;2*1-2H3. The molecule has 190 valence electrons. The quantitative estimate of drug-likeness (QED) is 0.238. The van der Waals surface area contributed by atoms with Gasteiger partial charge in [0.1, 0.15) is 11.0 Å². The van der Waals surface area contributed by atoms with Crippen molar-refractivity contribution < 1.29 is 14.2 Å². The summed E-state index contributed by atoms with van der Waals surface area (Å²) >= 11 is 6.18. The first-order chi connectivity index (χ1) is 16.6. The van der Waals surface area contributed by atoms with Gasteiger partial charge in [-0.15, -0.1) is 0 Å². The van der Waals surface area contributed by atoms with Gasteiger partial charge in [-0.3, -0.25) is 0 Å². The first kappa shape index (κ1) is 29.6. The highest BCUT2D eigenvalue weighted by Gasteiger charge is 2.11. The Hall–Kier alpha value is -2.42. The molecule has 3 heterocycles. The predicted octanol–water partition coefficient (Wildman–Crippen LogP) is 6.17. The van der Waals surface area contributed by atoms with Crippen molar-refractivity contribution in [1.82, 2.24) is 19.6 Å². The van der Waals surface area contributed by atoms with Crippen LogP contribution >= 0.6 is 11.6 Å².